The van der Waals surface area contributed by atoms with Crippen LogP contribution in [0.3, 0.4) is 0 Å². The minimum absolute atomic E-state index is 0.366. The smallest absolute Gasteiger partial charge is 0.0784 e. The second-order valence-electron chi connectivity index (χ2n) is 10.1. The summed E-state index contributed by atoms with van der Waals surface area (Å²) in [5.74, 6) is 0.948. The van der Waals surface area contributed by atoms with E-state index in [4.69, 9.17) is 9.97 Å². The van der Waals surface area contributed by atoms with E-state index in [9.17, 15) is 0 Å². The summed E-state index contributed by atoms with van der Waals surface area (Å²) in [5.41, 5.74) is 6.21. The summed E-state index contributed by atoms with van der Waals surface area (Å²) in [7, 11) is 0. The predicted octanol–water partition coefficient (Wildman–Crippen LogP) is 5.77. The van der Waals surface area contributed by atoms with Crippen LogP contribution in [-0.4, -0.2) is 39.5 Å². The zero-order valence-corrected chi connectivity index (χ0v) is 20.0. The van der Waals surface area contributed by atoms with E-state index < -0.39 is 0 Å². The quantitative estimate of drug-likeness (QED) is 0.299. The third-order valence-electron chi connectivity index (χ3n) is 7.64. The maximum Gasteiger partial charge on any atom is 0.0784 e. The number of unbranched alkanes of at least 4 members (excludes halogenated alkanes) is 1. The summed E-state index contributed by atoms with van der Waals surface area (Å²) in [4.78, 5) is 16.0. The molecule has 0 unspecified atom stereocenters. The van der Waals surface area contributed by atoms with Crippen LogP contribution in [0, 0.1) is 5.92 Å². The molecule has 0 radical (unpaired) electrons. The lowest BCUT2D eigenvalue weighted by Gasteiger charge is -2.35. The lowest BCUT2D eigenvalue weighted by Crippen LogP contribution is -2.33. The van der Waals surface area contributed by atoms with Gasteiger partial charge in [0.2, 0.25) is 0 Å². The number of aromatic nitrogens is 3. The van der Waals surface area contributed by atoms with Crippen molar-refractivity contribution in [3.63, 3.8) is 0 Å². The summed E-state index contributed by atoms with van der Waals surface area (Å²) in [6, 6.07) is 15.4. The molecule has 34 heavy (non-hydrogen) atoms. The van der Waals surface area contributed by atoms with Gasteiger partial charge in [0.25, 0.3) is 0 Å². The van der Waals surface area contributed by atoms with Crippen molar-refractivity contribution >= 4 is 21.8 Å². The van der Waals surface area contributed by atoms with Gasteiger partial charge in [0.05, 0.1) is 22.9 Å². The van der Waals surface area contributed by atoms with Crippen LogP contribution >= 0.6 is 0 Å². The van der Waals surface area contributed by atoms with Gasteiger partial charge in [-0.3, -0.25) is 14.9 Å². The topological polar surface area (TPSA) is 56.8 Å². The van der Waals surface area contributed by atoms with Gasteiger partial charge < -0.3 is 10.3 Å². The second kappa shape index (κ2) is 9.85. The molecule has 5 heteroatoms. The molecule has 2 N–H and O–H groups in total. The average Bonchev–Trinajstić information content (AvgIpc) is 3.63. The third-order valence-corrected chi connectivity index (χ3v) is 7.64. The third kappa shape index (κ3) is 4.59. The first-order chi connectivity index (χ1) is 16.9. The summed E-state index contributed by atoms with van der Waals surface area (Å²) in [6.45, 7) is 4.25. The SMILES string of the molecule is c1cnc2c(c1)CCC[C@@H]2N(CCCCNCC1CC1)Cc1nccc2c1[nH]c1ccccc12. The first-order valence-electron chi connectivity index (χ1n) is 13.1. The lowest BCUT2D eigenvalue weighted by atomic mass is 9.90. The number of fused-ring (bicyclic) bond motifs is 4. The summed E-state index contributed by atoms with van der Waals surface area (Å²) >= 11 is 0. The zero-order valence-electron chi connectivity index (χ0n) is 20.0. The molecule has 0 bridgehead atoms. The molecule has 0 spiro atoms. The zero-order chi connectivity index (χ0) is 22.7. The van der Waals surface area contributed by atoms with Gasteiger partial charge in [-0.15, -0.1) is 0 Å². The van der Waals surface area contributed by atoms with E-state index in [0.29, 0.717) is 6.04 Å². The molecule has 2 aliphatic rings. The molecule has 0 saturated heterocycles. The Hall–Kier alpha value is -2.76. The number of aromatic amines is 1. The fourth-order valence-electron chi connectivity index (χ4n) is 5.62. The van der Waals surface area contributed by atoms with Crippen LogP contribution in [0.2, 0.25) is 0 Å². The second-order valence-corrected chi connectivity index (χ2v) is 10.1. The van der Waals surface area contributed by atoms with Crippen LogP contribution in [0.15, 0.2) is 54.9 Å². The Morgan fingerprint density at radius 2 is 1.88 bits per heavy atom. The van der Waals surface area contributed by atoms with Gasteiger partial charge in [0.1, 0.15) is 0 Å². The van der Waals surface area contributed by atoms with Crippen molar-refractivity contribution in [1.82, 2.24) is 25.2 Å². The van der Waals surface area contributed by atoms with Crippen LogP contribution in [0.5, 0.6) is 0 Å². The monoisotopic (exact) mass is 453 g/mol. The van der Waals surface area contributed by atoms with Crippen molar-refractivity contribution in [3.8, 4) is 0 Å². The highest BCUT2D eigenvalue weighted by molar-refractivity contribution is 6.07. The van der Waals surface area contributed by atoms with Gasteiger partial charge >= 0.3 is 0 Å². The number of H-pyrrole nitrogens is 1. The van der Waals surface area contributed by atoms with Gasteiger partial charge in [0.15, 0.2) is 0 Å². The van der Waals surface area contributed by atoms with Crippen LogP contribution in [0.4, 0.5) is 0 Å². The van der Waals surface area contributed by atoms with Crippen molar-refractivity contribution in [2.75, 3.05) is 19.6 Å². The van der Waals surface area contributed by atoms with E-state index in [0.717, 1.165) is 37.7 Å². The van der Waals surface area contributed by atoms with E-state index in [1.54, 1.807) is 0 Å². The van der Waals surface area contributed by atoms with Crippen molar-refractivity contribution in [2.45, 2.75) is 57.5 Å². The number of aryl methyl sites for hydroxylation is 1. The van der Waals surface area contributed by atoms with Crippen molar-refractivity contribution in [1.29, 1.82) is 0 Å². The number of nitrogens with one attached hydrogen (secondary N) is 2. The number of para-hydroxylation sites is 1. The molecule has 1 fully saturated rings. The molecule has 6 rings (SSSR count). The molecule has 1 atom stereocenters. The highest BCUT2D eigenvalue weighted by atomic mass is 15.2. The molecule has 1 saturated carbocycles. The number of pyridine rings is 2. The Morgan fingerprint density at radius 1 is 0.941 bits per heavy atom. The number of hydrogen-bond acceptors (Lipinski definition) is 4. The van der Waals surface area contributed by atoms with E-state index >= 15 is 0 Å². The van der Waals surface area contributed by atoms with Gasteiger partial charge in [-0.05, 0) is 94.3 Å². The van der Waals surface area contributed by atoms with Gasteiger partial charge in [-0.2, -0.15) is 0 Å². The number of rotatable bonds is 10. The molecular weight excluding hydrogens is 418 g/mol. The Labute approximate surface area is 202 Å². The molecule has 0 amide bonds. The average molecular weight is 454 g/mol. The van der Waals surface area contributed by atoms with E-state index in [2.05, 4.69) is 57.7 Å². The lowest BCUT2D eigenvalue weighted by molar-refractivity contribution is 0.161. The fourth-order valence-corrected chi connectivity index (χ4v) is 5.62. The minimum atomic E-state index is 0.366. The van der Waals surface area contributed by atoms with E-state index in [1.165, 1.54) is 78.1 Å². The largest absolute Gasteiger partial charge is 0.353 e. The van der Waals surface area contributed by atoms with Gasteiger partial charge in [0, 0.05) is 35.2 Å². The molecule has 2 aliphatic carbocycles. The molecule has 176 valence electrons. The Balaban J connectivity index is 1.25. The van der Waals surface area contributed by atoms with E-state index in [-0.39, 0.29) is 0 Å². The summed E-state index contributed by atoms with van der Waals surface area (Å²) in [5, 5.41) is 6.20. The number of hydrogen-bond donors (Lipinski definition) is 2. The van der Waals surface area contributed by atoms with Crippen LogP contribution in [-0.2, 0) is 13.0 Å². The maximum atomic E-state index is 4.87. The highest BCUT2D eigenvalue weighted by Crippen LogP contribution is 2.35. The fraction of sp³-hybridized carbons (Fsp3) is 0.448. The summed E-state index contributed by atoms with van der Waals surface area (Å²) < 4.78 is 0. The molecule has 3 aromatic heterocycles. The van der Waals surface area contributed by atoms with Crippen molar-refractivity contribution in [3.05, 3.63) is 71.8 Å². The first-order valence-corrected chi connectivity index (χ1v) is 13.1. The highest BCUT2D eigenvalue weighted by Gasteiger charge is 2.28. The molecular formula is C29H35N5. The van der Waals surface area contributed by atoms with Crippen molar-refractivity contribution in [2.24, 2.45) is 5.92 Å². The number of nitrogens with zero attached hydrogens (tertiary/aromatic N) is 3. The van der Waals surface area contributed by atoms with E-state index in [1.807, 2.05) is 12.4 Å². The van der Waals surface area contributed by atoms with Gasteiger partial charge in [-0.1, -0.05) is 24.3 Å². The molecule has 0 aliphatic heterocycles. The normalized spacial score (nSPS) is 18.1. The Kier molecular flexibility index (Phi) is 6.30. The van der Waals surface area contributed by atoms with Crippen LogP contribution in [0.1, 0.15) is 61.5 Å². The predicted molar refractivity (Wildman–Crippen MR) is 139 cm³/mol. The molecule has 5 nitrogen and oxygen atoms in total. The molecule has 4 aromatic rings. The Morgan fingerprint density at radius 3 is 2.82 bits per heavy atom. The maximum absolute atomic E-state index is 4.87. The molecule has 1 aromatic carbocycles. The van der Waals surface area contributed by atoms with Crippen LogP contribution < -0.4 is 5.32 Å². The minimum Gasteiger partial charge on any atom is -0.353 e. The Bertz CT molecular complexity index is 1260. The van der Waals surface area contributed by atoms with Gasteiger partial charge in [-0.25, -0.2) is 0 Å². The van der Waals surface area contributed by atoms with Crippen molar-refractivity contribution < 1.29 is 0 Å². The molecule has 3 heterocycles. The number of benzene rings is 1. The van der Waals surface area contributed by atoms with Crippen LogP contribution in [0.25, 0.3) is 21.8 Å². The first kappa shape index (κ1) is 21.8. The summed E-state index contributed by atoms with van der Waals surface area (Å²) in [6.07, 6.45) is 12.7. The standard InChI is InChI=1S/C29H35N5/c1-2-10-25-23(9-1)24-14-17-31-26(29(24)33-25)20-34(18-4-3-15-30-19-21-12-13-21)27-11-5-7-22-8-6-16-32-28(22)27/h1-2,6,8-10,14,16-17,21,27,30,33H,3-5,7,11-13,15,18-20H2/t27-/m0/s1.